The zero-order valence-corrected chi connectivity index (χ0v) is 16.1. The molecule has 3 aromatic carbocycles. The molecule has 0 saturated carbocycles. The van der Waals surface area contributed by atoms with Crippen molar-refractivity contribution in [3.05, 3.63) is 96.2 Å². The molecule has 0 bridgehead atoms. The van der Waals surface area contributed by atoms with Crippen molar-refractivity contribution < 1.29 is 9.53 Å². The summed E-state index contributed by atoms with van der Waals surface area (Å²) in [7, 11) is 0. The lowest BCUT2D eigenvalue weighted by Gasteiger charge is -2.18. The second kappa shape index (κ2) is 8.15. The molecule has 0 radical (unpaired) electrons. The standard InChI is InChI=1S/C23H18N2O2S/c1-28-20-14-12-19(13-15-20)27-23-24-21(16-17-8-4-2-5-9-17)22(26)25(23)18-10-6-3-7-11-18/h2-16H,1H3/b21-16+. The Labute approximate surface area is 168 Å². The van der Waals surface area contributed by atoms with E-state index in [1.165, 1.54) is 4.90 Å². The van der Waals surface area contributed by atoms with Gasteiger partial charge in [0.15, 0.2) is 0 Å². The first-order chi connectivity index (χ1) is 13.7. The second-order valence-corrected chi connectivity index (χ2v) is 6.97. The number of para-hydroxylation sites is 1. The first kappa shape index (κ1) is 18.1. The van der Waals surface area contributed by atoms with Crippen LogP contribution in [0.25, 0.3) is 6.08 Å². The van der Waals surface area contributed by atoms with Crippen LogP contribution in [0.4, 0.5) is 5.69 Å². The first-order valence-electron chi connectivity index (χ1n) is 8.81. The van der Waals surface area contributed by atoms with Crippen molar-refractivity contribution in [2.45, 2.75) is 4.90 Å². The van der Waals surface area contributed by atoms with Crippen LogP contribution in [0.3, 0.4) is 0 Å². The zero-order valence-electron chi connectivity index (χ0n) is 15.3. The van der Waals surface area contributed by atoms with Gasteiger partial charge in [0.25, 0.3) is 5.91 Å². The molecule has 1 aliphatic heterocycles. The Kier molecular flexibility index (Phi) is 5.26. The molecule has 0 spiro atoms. The van der Waals surface area contributed by atoms with Gasteiger partial charge in [-0.15, -0.1) is 11.8 Å². The molecule has 3 aromatic rings. The Bertz CT molecular complexity index is 1030. The van der Waals surface area contributed by atoms with Gasteiger partial charge in [-0.25, -0.2) is 4.90 Å². The molecule has 0 fully saturated rings. The summed E-state index contributed by atoms with van der Waals surface area (Å²) >= 11 is 1.66. The summed E-state index contributed by atoms with van der Waals surface area (Å²) < 4.78 is 5.99. The number of anilines is 1. The van der Waals surface area contributed by atoms with Gasteiger partial charge in [0, 0.05) is 4.90 Å². The number of amidine groups is 1. The van der Waals surface area contributed by atoms with Crippen LogP contribution in [0.5, 0.6) is 5.75 Å². The van der Waals surface area contributed by atoms with Crippen molar-refractivity contribution in [1.82, 2.24) is 0 Å². The van der Waals surface area contributed by atoms with Crippen LogP contribution in [0.1, 0.15) is 5.56 Å². The molecule has 0 aliphatic carbocycles. The number of thioether (sulfide) groups is 1. The number of ether oxygens (including phenoxy) is 1. The van der Waals surface area contributed by atoms with Crippen molar-refractivity contribution in [1.29, 1.82) is 0 Å². The van der Waals surface area contributed by atoms with Gasteiger partial charge in [-0.1, -0.05) is 48.5 Å². The molecule has 5 heteroatoms. The molecule has 0 atom stereocenters. The van der Waals surface area contributed by atoms with E-state index in [2.05, 4.69) is 4.99 Å². The van der Waals surface area contributed by atoms with Crippen LogP contribution in [0.15, 0.2) is 101 Å². The van der Waals surface area contributed by atoms with Crippen LogP contribution in [0.2, 0.25) is 0 Å². The van der Waals surface area contributed by atoms with Crippen molar-refractivity contribution in [3.63, 3.8) is 0 Å². The Morgan fingerprint density at radius 1 is 0.893 bits per heavy atom. The highest BCUT2D eigenvalue weighted by Gasteiger charge is 2.33. The van der Waals surface area contributed by atoms with Crippen LogP contribution < -0.4 is 9.64 Å². The molecule has 0 N–H and O–H groups in total. The molecule has 4 rings (SSSR count). The summed E-state index contributed by atoms with van der Waals surface area (Å²) in [5.74, 6) is 0.414. The lowest BCUT2D eigenvalue weighted by molar-refractivity contribution is -0.113. The predicted molar refractivity (Wildman–Crippen MR) is 115 cm³/mol. The number of aliphatic imine (C=N–C) groups is 1. The largest absolute Gasteiger partial charge is 0.425 e. The third-order valence-corrected chi connectivity index (χ3v) is 4.96. The van der Waals surface area contributed by atoms with E-state index < -0.39 is 0 Å². The van der Waals surface area contributed by atoms with Gasteiger partial charge in [0.05, 0.1) is 5.69 Å². The number of hydrogen-bond acceptors (Lipinski definition) is 4. The summed E-state index contributed by atoms with van der Waals surface area (Å²) in [6.07, 6.45) is 3.79. The fourth-order valence-electron chi connectivity index (χ4n) is 2.83. The van der Waals surface area contributed by atoms with Gasteiger partial charge in [-0.2, -0.15) is 4.99 Å². The Hall–Kier alpha value is -3.31. The molecule has 0 unspecified atom stereocenters. The van der Waals surface area contributed by atoms with Crippen LogP contribution in [-0.2, 0) is 4.79 Å². The lowest BCUT2D eigenvalue weighted by Crippen LogP contribution is -2.35. The SMILES string of the molecule is CSc1ccc(OC2=N/C(=C/c3ccccc3)C(=O)N2c2ccccc2)cc1. The molecule has 1 heterocycles. The van der Waals surface area contributed by atoms with E-state index >= 15 is 0 Å². The molecule has 138 valence electrons. The normalized spacial score (nSPS) is 15.0. The number of hydrogen-bond donors (Lipinski definition) is 0. The minimum absolute atomic E-state index is 0.217. The van der Waals surface area contributed by atoms with Crippen molar-refractivity contribution in [2.75, 3.05) is 11.2 Å². The molecule has 4 nitrogen and oxygen atoms in total. The minimum Gasteiger partial charge on any atom is -0.425 e. The maximum Gasteiger partial charge on any atom is 0.310 e. The van der Waals surface area contributed by atoms with E-state index in [-0.39, 0.29) is 11.9 Å². The first-order valence-corrected chi connectivity index (χ1v) is 10.0. The van der Waals surface area contributed by atoms with E-state index in [0.717, 1.165) is 10.5 Å². The van der Waals surface area contributed by atoms with E-state index in [4.69, 9.17) is 4.74 Å². The highest BCUT2D eigenvalue weighted by molar-refractivity contribution is 7.98. The summed E-state index contributed by atoms with van der Waals surface area (Å²) in [6.45, 7) is 0. The predicted octanol–water partition coefficient (Wildman–Crippen LogP) is 5.23. The fraction of sp³-hybridized carbons (Fsp3) is 0.0435. The van der Waals surface area contributed by atoms with Crippen LogP contribution in [-0.4, -0.2) is 18.2 Å². The summed E-state index contributed by atoms with van der Waals surface area (Å²) in [4.78, 5) is 20.2. The van der Waals surface area contributed by atoms with Crippen molar-refractivity contribution >= 4 is 35.5 Å². The third kappa shape index (κ3) is 3.85. The highest BCUT2D eigenvalue weighted by Crippen LogP contribution is 2.27. The number of rotatable bonds is 4. The van der Waals surface area contributed by atoms with Gasteiger partial charge in [0.2, 0.25) is 0 Å². The quantitative estimate of drug-likeness (QED) is 0.455. The van der Waals surface area contributed by atoms with Crippen LogP contribution >= 0.6 is 11.8 Å². The summed E-state index contributed by atoms with van der Waals surface area (Å²) in [5, 5.41) is 0. The van der Waals surface area contributed by atoms with Gasteiger partial charge in [-0.3, -0.25) is 4.79 Å². The smallest absolute Gasteiger partial charge is 0.310 e. The number of carbonyl (C=O) groups is 1. The maximum absolute atomic E-state index is 13.1. The number of benzene rings is 3. The molecule has 28 heavy (non-hydrogen) atoms. The number of carbonyl (C=O) groups excluding carboxylic acids is 1. The monoisotopic (exact) mass is 386 g/mol. The molecular formula is C23H18N2O2S. The zero-order chi connectivity index (χ0) is 19.3. The average Bonchev–Trinajstić information content (AvgIpc) is 3.04. The second-order valence-electron chi connectivity index (χ2n) is 6.09. The summed E-state index contributed by atoms with van der Waals surface area (Å²) in [6, 6.07) is 27.0. The third-order valence-electron chi connectivity index (χ3n) is 4.22. The Morgan fingerprint density at radius 2 is 1.54 bits per heavy atom. The average molecular weight is 386 g/mol. The van der Waals surface area contributed by atoms with Gasteiger partial charge >= 0.3 is 6.02 Å². The van der Waals surface area contributed by atoms with Crippen molar-refractivity contribution in [3.8, 4) is 5.75 Å². The molecular weight excluding hydrogens is 368 g/mol. The topological polar surface area (TPSA) is 41.9 Å². The Morgan fingerprint density at radius 3 is 2.18 bits per heavy atom. The summed E-state index contributed by atoms with van der Waals surface area (Å²) in [5.41, 5.74) is 1.96. The minimum atomic E-state index is -0.217. The van der Waals surface area contributed by atoms with Crippen molar-refractivity contribution in [2.24, 2.45) is 4.99 Å². The lowest BCUT2D eigenvalue weighted by atomic mass is 10.2. The number of nitrogens with zero attached hydrogens (tertiary/aromatic N) is 2. The highest BCUT2D eigenvalue weighted by atomic mass is 32.2. The van der Waals surface area contributed by atoms with Gasteiger partial charge < -0.3 is 4.74 Å². The van der Waals surface area contributed by atoms with Crippen LogP contribution in [0, 0.1) is 0 Å². The number of amides is 1. The fourth-order valence-corrected chi connectivity index (χ4v) is 3.23. The van der Waals surface area contributed by atoms with E-state index in [9.17, 15) is 4.79 Å². The molecule has 1 amide bonds. The van der Waals surface area contributed by atoms with Gasteiger partial charge in [0.1, 0.15) is 11.4 Å². The Balaban J connectivity index is 1.70. The maximum atomic E-state index is 13.1. The van der Waals surface area contributed by atoms with E-state index in [1.54, 1.807) is 17.8 Å². The molecule has 1 aliphatic rings. The van der Waals surface area contributed by atoms with E-state index in [1.807, 2.05) is 91.2 Å². The molecule has 0 aromatic heterocycles. The molecule has 0 saturated heterocycles. The van der Waals surface area contributed by atoms with E-state index in [0.29, 0.717) is 17.1 Å². The van der Waals surface area contributed by atoms with Gasteiger partial charge in [-0.05, 0) is 54.3 Å².